The first kappa shape index (κ1) is 19.9. The summed E-state index contributed by atoms with van der Waals surface area (Å²) in [6.07, 6.45) is 7.21. The molecule has 0 fully saturated rings. The second-order valence-electron chi connectivity index (χ2n) is 6.22. The van der Waals surface area contributed by atoms with E-state index in [4.69, 9.17) is 4.74 Å². The highest BCUT2D eigenvalue weighted by Crippen LogP contribution is 2.24. The number of hydrogen-bond donors (Lipinski definition) is 0. The van der Waals surface area contributed by atoms with Crippen molar-refractivity contribution in [3.05, 3.63) is 52.6 Å². The number of para-hydroxylation sites is 1. The largest absolute Gasteiger partial charge is 0.425 e. The topological polar surface area (TPSA) is 26.3 Å². The Bertz CT molecular complexity index is 575. The van der Waals surface area contributed by atoms with Crippen LogP contribution in [0.5, 0.6) is 5.75 Å². The molecule has 0 bridgehead atoms. The van der Waals surface area contributed by atoms with Crippen molar-refractivity contribution in [3.63, 3.8) is 0 Å². The van der Waals surface area contributed by atoms with Gasteiger partial charge in [-0.05, 0) is 65.0 Å². The van der Waals surface area contributed by atoms with Crippen molar-refractivity contribution in [1.82, 2.24) is 0 Å². The average Bonchev–Trinajstić information content (AvgIpc) is 2.48. The van der Waals surface area contributed by atoms with Crippen molar-refractivity contribution < 1.29 is 9.53 Å². The Morgan fingerprint density at radius 1 is 1.17 bits per heavy atom. The maximum Gasteiger partial charge on any atom is 0.324 e. The van der Waals surface area contributed by atoms with Gasteiger partial charge in [0.2, 0.25) is 0 Å². The van der Waals surface area contributed by atoms with E-state index in [-0.39, 0.29) is 9.89 Å². The molecule has 126 valence electrons. The van der Waals surface area contributed by atoms with E-state index in [0.29, 0.717) is 12.2 Å². The van der Waals surface area contributed by atoms with Crippen LogP contribution in [0.3, 0.4) is 0 Å². The minimum Gasteiger partial charge on any atom is -0.425 e. The lowest BCUT2D eigenvalue weighted by molar-refractivity contribution is -0.133. The third-order valence-corrected chi connectivity index (χ3v) is 4.65. The van der Waals surface area contributed by atoms with E-state index in [2.05, 4.69) is 55.5 Å². The van der Waals surface area contributed by atoms with Crippen LogP contribution in [0, 0.1) is 13.8 Å². The number of rotatable bonds is 7. The Balaban J connectivity index is 2.55. The van der Waals surface area contributed by atoms with Crippen LogP contribution < -0.4 is 4.74 Å². The Labute approximate surface area is 154 Å². The molecular formula is C20H27IO2. The molecule has 0 saturated heterocycles. The molecule has 1 atom stereocenters. The molecule has 0 heterocycles. The standard InChI is InChI=1S/C20H27IO2/c1-14(2)8-6-9-15(3)12-13-18(21)20(22)23-19-16(4)10-7-11-17(19)5/h7-8,10-12,18H,6,9,13H2,1-5H3/b15-12+. The van der Waals surface area contributed by atoms with Gasteiger partial charge in [-0.2, -0.15) is 0 Å². The summed E-state index contributed by atoms with van der Waals surface area (Å²) in [4.78, 5) is 12.3. The molecule has 2 nitrogen and oxygen atoms in total. The molecule has 0 amide bonds. The number of carbonyl (C=O) groups excluding carboxylic acids is 1. The zero-order valence-corrected chi connectivity index (χ0v) is 16.9. The average molecular weight is 426 g/mol. The lowest BCUT2D eigenvalue weighted by atomic mass is 10.1. The van der Waals surface area contributed by atoms with Crippen molar-refractivity contribution in [3.8, 4) is 5.75 Å². The fourth-order valence-electron chi connectivity index (χ4n) is 2.22. The molecule has 1 unspecified atom stereocenters. The van der Waals surface area contributed by atoms with Crippen molar-refractivity contribution in [1.29, 1.82) is 0 Å². The van der Waals surface area contributed by atoms with Gasteiger partial charge in [-0.3, -0.25) is 4.79 Å². The molecule has 0 aromatic heterocycles. The van der Waals surface area contributed by atoms with Gasteiger partial charge < -0.3 is 4.74 Å². The number of benzene rings is 1. The van der Waals surface area contributed by atoms with Crippen molar-refractivity contribution >= 4 is 28.6 Å². The predicted octanol–water partition coefficient (Wildman–Crippen LogP) is 6.10. The van der Waals surface area contributed by atoms with Gasteiger partial charge in [-0.25, -0.2) is 0 Å². The van der Waals surface area contributed by atoms with Gasteiger partial charge in [-0.1, -0.05) is 64.1 Å². The van der Waals surface area contributed by atoms with E-state index in [1.165, 1.54) is 11.1 Å². The molecule has 23 heavy (non-hydrogen) atoms. The monoisotopic (exact) mass is 426 g/mol. The number of aryl methyl sites for hydroxylation is 2. The highest BCUT2D eigenvalue weighted by Gasteiger charge is 2.17. The zero-order chi connectivity index (χ0) is 17.4. The number of esters is 1. The van der Waals surface area contributed by atoms with E-state index in [9.17, 15) is 4.79 Å². The summed E-state index contributed by atoms with van der Waals surface area (Å²) in [5.41, 5.74) is 4.66. The summed E-state index contributed by atoms with van der Waals surface area (Å²) in [6.45, 7) is 10.3. The molecule has 0 aliphatic heterocycles. The first-order chi connectivity index (χ1) is 10.8. The Kier molecular flexibility index (Phi) is 8.59. The van der Waals surface area contributed by atoms with Crippen molar-refractivity contribution in [2.75, 3.05) is 0 Å². The number of allylic oxidation sites excluding steroid dienone is 4. The first-order valence-electron chi connectivity index (χ1n) is 8.02. The molecule has 0 radical (unpaired) electrons. The molecule has 0 aliphatic carbocycles. The summed E-state index contributed by atoms with van der Waals surface area (Å²) in [5.74, 6) is 0.528. The normalized spacial score (nSPS) is 12.7. The summed E-state index contributed by atoms with van der Waals surface area (Å²) >= 11 is 2.17. The van der Waals surface area contributed by atoms with Crippen LogP contribution >= 0.6 is 22.6 Å². The van der Waals surface area contributed by atoms with Crippen LogP contribution in [-0.2, 0) is 4.79 Å². The summed E-state index contributed by atoms with van der Waals surface area (Å²) in [7, 11) is 0. The molecule has 0 spiro atoms. The van der Waals surface area contributed by atoms with E-state index in [1.54, 1.807) is 0 Å². The summed E-state index contributed by atoms with van der Waals surface area (Å²) in [6, 6.07) is 5.90. The molecule has 0 saturated carbocycles. The second kappa shape index (κ2) is 9.91. The van der Waals surface area contributed by atoms with E-state index >= 15 is 0 Å². The lowest BCUT2D eigenvalue weighted by Gasteiger charge is -2.12. The molecule has 3 heteroatoms. The highest BCUT2D eigenvalue weighted by atomic mass is 127. The number of hydrogen-bond acceptors (Lipinski definition) is 2. The Hall–Kier alpha value is -1.10. The van der Waals surface area contributed by atoms with Gasteiger partial charge in [0.1, 0.15) is 9.67 Å². The minimum absolute atomic E-state index is 0.162. The third-order valence-electron chi connectivity index (χ3n) is 3.63. The van der Waals surface area contributed by atoms with Gasteiger partial charge in [0.05, 0.1) is 0 Å². The summed E-state index contributed by atoms with van der Waals surface area (Å²) < 4.78 is 5.44. The maximum atomic E-state index is 12.3. The number of halogens is 1. The van der Waals surface area contributed by atoms with Crippen LogP contribution in [0.1, 0.15) is 51.2 Å². The summed E-state index contributed by atoms with van der Waals surface area (Å²) in [5, 5.41) is 0. The fourth-order valence-corrected chi connectivity index (χ4v) is 2.60. The number of carbonyl (C=O) groups is 1. The van der Waals surface area contributed by atoms with Gasteiger partial charge in [0, 0.05) is 0 Å². The predicted molar refractivity (Wildman–Crippen MR) is 106 cm³/mol. The highest BCUT2D eigenvalue weighted by molar-refractivity contribution is 14.1. The third kappa shape index (κ3) is 7.34. The van der Waals surface area contributed by atoms with Gasteiger partial charge in [0.25, 0.3) is 0 Å². The van der Waals surface area contributed by atoms with Gasteiger partial charge in [0.15, 0.2) is 0 Å². The quantitative estimate of drug-likeness (QED) is 0.173. The Morgan fingerprint density at radius 2 is 1.78 bits per heavy atom. The van der Waals surface area contributed by atoms with Crippen molar-refractivity contribution in [2.45, 2.75) is 57.8 Å². The first-order valence-corrected chi connectivity index (χ1v) is 9.26. The Morgan fingerprint density at radius 3 is 2.35 bits per heavy atom. The van der Waals surface area contributed by atoms with Crippen LogP contribution in [-0.4, -0.2) is 9.89 Å². The minimum atomic E-state index is -0.170. The van der Waals surface area contributed by atoms with E-state index < -0.39 is 0 Å². The molecule has 1 rings (SSSR count). The van der Waals surface area contributed by atoms with E-state index in [1.807, 2.05) is 32.0 Å². The molecule has 0 N–H and O–H groups in total. The molecule has 1 aromatic carbocycles. The molecular weight excluding hydrogens is 399 g/mol. The number of ether oxygens (including phenoxy) is 1. The molecule has 1 aromatic rings. The van der Waals surface area contributed by atoms with Crippen LogP contribution in [0.2, 0.25) is 0 Å². The second-order valence-corrected chi connectivity index (χ2v) is 7.72. The maximum absolute atomic E-state index is 12.3. The van der Waals surface area contributed by atoms with E-state index in [0.717, 1.165) is 24.0 Å². The zero-order valence-electron chi connectivity index (χ0n) is 14.8. The van der Waals surface area contributed by atoms with Gasteiger partial charge in [-0.15, -0.1) is 0 Å². The SMILES string of the molecule is CC(C)=CCC/C(C)=C/CC(I)C(=O)Oc1c(C)cccc1C. The lowest BCUT2D eigenvalue weighted by Crippen LogP contribution is -2.20. The molecule has 0 aliphatic rings. The van der Waals surface area contributed by atoms with Crippen molar-refractivity contribution in [2.24, 2.45) is 0 Å². The van der Waals surface area contributed by atoms with Crippen LogP contribution in [0.15, 0.2) is 41.5 Å². The smallest absolute Gasteiger partial charge is 0.324 e. The number of alkyl halides is 1. The van der Waals surface area contributed by atoms with Gasteiger partial charge >= 0.3 is 5.97 Å². The fraction of sp³-hybridized carbons (Fsp3) is 0.450. The van der Waals surface area contributed by atoms with Crippen LogP contribution in [0.4, 0.5) is 0 Å². The van der Waals surface area contributed by atoms with Crippen LogP contribution in [0.25, 0.3) is 0 Å².